The number of rotatable bonds is 11. The quantitative estimate of drug-likeness (QED) is 0.380. The fourth-order valence-electron chi connectivity index (χ4n) is 3.43. The van der Waals surface area contributed by atoms with Crippen LogP contribution in [0.3, 0.4) is 0 Å². The summed E-state index contributed by atoms with van der Waals surface area (Å²) in [6.45, 7) is 20.3. The lowest BCUT2D eigenvalue weighted by atomic mass is 10.2. The van der Waals surface area contributed by atoms with Crippen LogP contribution in [0.15, 0.2) is 30.3 Å². The molecule has 0 aromatic heterocycles. The third-order valence-electron chi connectivity index (χ3n) is 3.83. The highest BCUT2D eigenvalue weighted by Gasteiger charge is 2.46. The van der Waals surface area contributed by atoms with Crippen LogP contribution in [-0.4, -0.2) is 33.8 Å². The van der Waals surface area contributed by atoms with Crippen molar-refractivity contribution in [3.63, 3.8) is 0 Å². The van der Waals surface area contributed by atoms with Crippen LogP contribution in [0.1, 0.15) is 25.3 Å². The standard InChI is InChI=1S/C19H40O3Si4/c1-10-11-17-25(8,20-23(2,3)4)22-26(9,21-24(5,6)7)18-19-15-13-12-14-16-19/h12-16H,10-11,17-18H2,1-9H3. The fraction of sp³-hybridized carbons (Fsp3) is 0.684. The monoisotopic (exact) mass is 428 g/mol. The lowest BCUT2D eigenvalue weighted by molar-refractivity contribution is 0.315. The lowest BCUT2D eigenvalue weighted by Crippen LogP contribution is -2.59. The minimum Gasteiger partial charge on any atom is -0.437 e. The summed E-state index contributed by atoms with van der Waals surface area (Å²) in [5, 5.41) is 0. The van der Waals surface area contributed by atoms with Gasteiger partial charge in [0.15, 0.2) is 16.6 Å². The van der Waals surface area contributed by atoms with Crippen LogP contribution in [0.5, 0.6) is 0 Å². The highest BCUT2D eigenvalue weighted by Crippen LogP contribution is 2.30. The molecule has 0 radical (unpaired) electrons. The maximum Gasteiger partial charge on any atom is 0.320 e. The van der Waals surface area contributed by atoms with E-state index in [1.54, 1.807) is 0 Å². The molecule has 0 spiro atoms. The van der Waals surface area contributed by atoms with Crippen molar-refractivity contribution >= 4 is 33.8 Å². The molecule has 0 aliphatic rings. The highest BCUT2D eigenvalue weighted by molar-refractivity contribution is 6.89. The van der Waals surface area contributed by atoms with Crippen LogP contribution in [0.4, 0.5) is 0 Å². The lowest BCUT2D eigenvalue weighted by Gasteiger charge is -2.43. The van der Waals surface area contributed by atoms with Crippen molar-refractivity contribution in [2.75, 3.05) is 0 Å². The average molecular weight is 429 g/mol. The minimum atomic E-state index is -2.39. The van der Waals surface area contributed by atoms with Crippen molar-refractivity contribution in [2.24, 2.45) is 0 Å². The molecule has 0 fully saturated rings. The molecule has 0 N–H and O–H groups in total. The molecule has 2 atom stereocenters. The molecule has 1 rings (SSSR count). The average Bonchev–Trinajstić information content (AvgIpc) is 2.41. The van der Waals surface area contributed by atoms with Crippen LogP contribution in [-0.2, 0) is 18.4 Å². The SMILES string of the molecule is CCCC[Si](C)(O[Si](C)(C)C)O[Si](C)(Cc1ccccc1)O[Si](C)(C)C. The molecule has 2 unspecified atom stereocenters. The third kappa shape index (κ3) is 9.77. The highest BCUT2D eigenvalue weighted by atomic mass is 28.5. The molecular formula is C19H40O3Si4. The van der Waals surface area contributed by atoms with Gasteiger partial charge in [0, 0.05) is 6.04 Å². The predicted molar refractivity (Wildman–Crippen MR) is 123 cm³/mol. The van der Waals surface area contributed by atoms with Crippen molar-refractivity contribution in [2.45, 2.75) is 84.2 Å². The van der Waals surface area contributed by atoms with Crippen LogP contribution in [0.25, 0.3) is 0 Å². The second-order valence-corrected chi connectivity index (χ2v) is 25.9. The van der Waals surface area contributed by atoms with E-state index in [2.05, 4.69) is 89.6 Å². The van der Waals surface area contributed by atoms with Gasteiger partial charge in [0.1, 0.15) is 0 Å². The first kappa shape index (κ1) is 24.0. The Morgan fingerprint density at radius 1 is 0.692 bits per heavy atom. The number of unbranched alkanes of at least 4 members (excludes halogenated alkanes) is 1. The molecule has 0 saturated heterocycles. The zero-order valence-corrected chi connectivity index (χ0v) is 22.4. The van der Waals surface area contributed by atoms with E-state index in [1.807, 2.05) is 0 Å². The van der Waals surface area contributed by atoms with Crippen molar-refractivity contribution in [3.05, 3.63) is 35.9 Å². The van der Waals surface area contributed by atoms with Gasteiger partial charge < -0.3 is 12.3 Å². The van der Waals surface area contributed by atoms with Crippen LogP contribution in [0, 0.1) is 0 Å². The van der Waals surface area contributed by atoms with E-state index >= 15 is 0 Å². The summed E-state index contributed by atoms with van der Waals surface area (Å²) in [5.41, 5.74) is 1.31. The molecular weight excluding hydrogens is 389 g/mol. The zero-order valence-electron chi connectivity index (χ0n) is 18.4. The Kier molecular flexibility index (Phi) is 8.72. The van der Waals surface area contributed by atoms with Gasteiger partial charge in [-0.1, -0.05) is 50.1 Å². The summed E-state index contributed by atoms with van der Waals surface area (Å²) in [5.74, 6) is 0. The maximum atomic E-state index is 6.99. The smallest absolute Gasteiger partial charge is 0.320 e. The predicted octanol–water partition coefficient (Wildman–Crippen LogP) is 6.43. The molecule has 0 aliphatic carbocycles. The first-order valence-corrected chi connectivity index (χ1v) is 21.8. The van der Waals surface area contributed by atoms with Gasteiger partial charge in [-0.05, 0) is 64.0 Å². The maximum absolute atomic E-state index is 6.99. The Balaban J connectivity index is 3.13. The van der Waals surface area contributed by atoms with Crippen LogP contribution < -0.4 is 0 Å². The van der Waals surface area contributed by atoms with Gasteiger partial charge in [0.25, 0.3) is 0 Å². The topological polar surface area (TPSA) is 27.7 Å². The number of hydrogen-bond donors (Lipinski definition) is 0. The first-order chi connectivity index (χ1) is 11.8. The second-order valence-electron chi connectivity index (χ2n) is 9.56. The van der Waals surface area contributed by atoms with Crippen molar-refractivity contribution in [1.29, 1.82) is 0 Å². The summed E-state index contributed by atoms with van der Waals surface area (Å²) in [6.07, 6.45) is 2.34. The van der Waals surface area contributed by atoms with Gasteiger partial charge in [-0.3, -0.25) is 0 Å². The van der Waals surface area contributed by atoms with E-state index in [9.17, 15) is 0 Å². The summed E-state index contributed by atoms with van der Waals surface area (Å²) < 4.78 is 20.4. The molecule has 0 bridgehead atoms. The summed E-state index contributed by atoms with van der Waals surface area (Å²) in [4.78, 5) is 0. The number of benzene rings is 1. The Morgan fingerprint density at radius 3 is 1.65 bits per heavy atom. The zero-order chi connectivity index (χ0) is 20.1. The van der Waals surface area contributed by atoms with E-state index in [0.29, 0.717) is 0 Å². The van der Waals surface area contributed by atoms with E-state index in [0.717, 1.165) is 18.5 Å². The van der Waals surface area contributed by atoms with Crippen molar-refractivity contribution in [3.8, 4) is 0 Å². The Morgan fingerprint density at radius 2 is 1.19 bits per heavy atom. The first-order valence-electron chi connectivity index (χ1n) is 9.90. The number of hydrogen-bond acceptors (Lipinski definition) is 3. The van der Waals surface area contributed by atoms with E-state index in [-0.39, 0.29) is 0 Å². The summed E-state index contributed by atoms with van der Waals surface area (Å²) in [7, 11) is -8.06. The molecule has 3 nitrogen and oxygen atoms in total. The third-order valence-corrected chi connectivity index (χ3v) is 17.9. The van der Waals surface area contributed by atoms with E-state index in [1.165, 1.54) is 12.0 Å². The normalized spacial score (nSPS) is 17.6. The summed E-state index contributed by atoms with van der Waals surface area (Å²) in [6, 6.07) is 12.6. The van der Waals surface area contributed by atoms with Gasteiger partial charge in [-0.15, -0.1) is 0 Å². The second kappa shape index (κ2) is 9.45. The van der Waals surface area contributed by atoms with Crippen molar-refractivity contribution < 1.29 is 12.3 Å². The van der Waals surface area contributed by atoms with E-state index in [4.69, 9.17) is 12.3 Å². The van der Waals surface area contributed by atoms with Gasteiger partial charge in [-0.2, -0.15) is 0 Å². The van der Waals surface area contributed by atoms with Crippen molar-refractivity contribution in [1.82, 2.24) is 0 Å². The molecule has 150 valence electrons. The molecule has 0 amide bonds. The summed E-state index contributed by atoms with van der Waals surface area (Å²) >= 11 is 0. The van der Waals surface area contributed by atoms with Gasteiger partial charge in [-0.25, -0.2) is 0 Å². The Bertz CT molecular complexity index is 542. The largest absolute Gasteiger partial charge is 0.437 e. The molecule has 0 aliphatic heterocycles. The van der Waals surface area contributed by atoms with Crippen LogP contribution >= 0.6 is 0 Å². The fourth-order valence-corrected chi connectivity index (χ4v) is 21.9. The molecule has 0 heterocycles. The molecule has 26 heavy (non-hydrogen) atoms. The van der Waals surface area contributed by atoms with Gasteiger partial charge in [0.05, 0.1) is 0 Å². The Labute approximate surface area is 166 Å². The molecule has 0 saturated carbocycles. The van der Waals surface area contributed by atoms with Gasteiger partial charge >= 0.3 is 17.1 Å². The molecule has 7 heteroatoms. The Hall–Kier alpha value is -0.0325. The minimum absolute atomic E-state index is 0.891. The molecule has 1 aromatic carbocycles. The molecule has 1 aromatic rings. The van der Waals surface area contributed by atoms with Crippen LogP contribution in [0.2, 0.25) is 58.4 Å². The van der Waals surface area contributed by atoms with E-state index < -0.39 is 33.8 Å². The van der Waals surface area contributed by atoms with Gasteiger partial charge in [0.2, 0.25) is 0 Å².